The largest absolute Gasteiger partial charge is 0.481 e. The molecule has 0 amide bonds. The number of nitrogens with one attached hydrogen (secondary N) is 2. The summed E-state index contributed by atoms with van der Waals surface area (Å²) in [5.74, 6) is 4.98. The highest BCUT2D eigenvalue weighted by Crippen LogP contribution is 2.41. The summed E-state index contributed by atoms with van der Waals surface area (Å²) in [6.07, 6.45) is 9.20. The fourth-order valence-electron chi connectivity index (χ4n) is 6.00. The molecular formula is C41H34BrN9O3. The third-order valence-electron chi connectivity index (χ3n) is 8.59. The van der Waals surface area contributed by atoms with Gasteiger partial charge in [-0.25, -0.2) is 15.0 Å². The Kier molecular flexibility index (Phi) is 9.36. The highest BCUT2D eigenvalue weighted by molar-refractivity contribution is 9.10. The van der Waals surface area contributed by atoms with Gasteiger partial charge in [0.2, 0.25) is 5.88 Å². The van der Waals surface area contributed by atoms with Gasteiger partial charge >= 0.3 is 0 Å². The fourth-order valence-corrected chi connectivity index (χ4v) is 6.40. The molecule has 268 valence electrons. The van der Waals surface area contributed by atoms with Crippen LogP contribution >= 0.6 is 15.9 Å². The van der Waals surface area contributed by atoms with Gasteiger partial charge in [0.25, 0.3) is 0 Å². The first-order valence-corrected chi connectivity index (χ1v) is 17.8. The van der Waals surface area contributed by atoms with Crippen LogP contribution in [0.2, 0.25) is 0 Å². The second-order valence-corrected chi connectivity index (χ2v) is 13.3. The van der Waals surface area contributed by atoms with Crippen molar-refractivity contribution >= 4 is 38.0 Å². The number of hydrogen-bond acceptors (Lipinski definition) is 8. The third-order valence-corrected chi connectivity index (χ3v) is 9.21. The van der Waals surface area contributed by atoms with Crippen molar-refractivity contribution in [3.63, 3.8) is 0 Å². The van der Waals surface area contributed by atoms with Gasteiger partial charge in [-0.2, -0.15) is 10.2 Å². The Hall–Kier alpha value is -6.73. The molecule has 2 N–H and O–H groups in total. The number of hydrogen-bond donors (Lipinski definition) is 2. The maximum Gasteiger partial charge on any atom is 0.215 e. The van der Waals surface area contributed by atoms with Crippen molar-refractivity contribution < 1.29 is 14.2 Å². The van der Waals surface area contributed by atoms with E-state index in [-0.39, 0.29) is 0 Å². The molecule has 13 heteroatoms. The van der Waals surface area contributed by atoms with Crippen molar-refractivity contribution in [3.8, 4) is 62.8 Å². The van der Waals surface area contributed by atoms with Gasteiger partial charge in [-0.05, 0) is 77.5 Å². The van der Waals surface area contributed by atoms with E-state index in [0.717, 1.165) is 77.5 Å². The number of fused-ring (bicyclic) bond motifs is 2. The molecule has 9 rings (SSSR count). The summed E-state index contributed by atoms with van der Waals surface area (Å²) in [5.41, 5.74) is 7.94. The Balaban J connectivity index is 0.000000160. The lowest BCUT2D eigenvalue weighted by Crippen LogP contribution is -1.94. The van der Waals surface area contributed by atoms with Crippen LogP contribution in [0.5, 0.6) is 28.9 Å². The minimum Gasteiger partial charge on any atom is -0.481 e. The lowest BCUT2D eigenvalue weighted by molar-refractivity contribution is 0.394. The van der Waals surface area contributed by atoms with Crippen LogP contribution in [0.25, 0.3) is 56.0 Å². The van der Waals surface area contributed by atoms with Gasteiger partial charge < -0.3 is 24.2 Å². The zero-order valence-corrected chi connectivity index (χ0v) is 31.4. The van der Waals surface area contributed by atoms with Crippen molar-refractivity contribution in [1.82, 2.24) is 44.5 Å². The van der Waals surface area contributed by atoms with Gasteiger partial charge in [0.15, 0.2) is 11.5 Å². The summed E-state index contributed by atoms with van der Waals surface area (Å²) >= 11 is 3.55. The maximum atomic E-state index is 6.37. The number of pyridine rings is 1. The van der Waals surface area contributed by atoms with E-state index in [0.29, 0.717) is 17.4 Å². The highest BCUT2D eigenvalue weighted by atomic mass is 79.9. The number of imidazole rings is 2. The number of halogens is 1. The van der Waals surface area contributed by atoms with Crippen molar-refractivity contribution in [2.45, 2.75) is 6.92 Å². The third kappa shape index (κ3) is 7.04. The minimum absolute atomic E-state index is 0.606. The van der Waals surface area contributed by atoms with Gasteiger partial charge in [-0.1, -0.05) is 36.4 Å². The number of aromatic nitrogens is 9. The van der Waals surface area contributed by atoms with Crippen LogP contribution in [0, 0.1) is 6.92 Å². The molecule has 0 bridgehead atoms. The summed E-state index contributed by atoms with van der Waals surface area (Å²) in [6, 6.07) is 29.4. The molecule has 0 atom stereocenters. The van der Waals surface area contributed by atoms with E-state index in [9.17, 15) is 0 Å². The number of aryl methyl sites for hydroxylation is 3. The summed E-state index contributed by atoms with van der Waals surface area (Å²) in [6.45, 7) is 1.97. The number of methoxy groups -OCH3 is 1. The normalized spacial score (nSPS) is 11.1. The molecule has 0 spiro atoms. The molecule has 0 radical (unpaired) electrons. The molecule has 0 unspecified atom stereocenters. The molecule has 9 aromatic rings. The molecule has 54 heavy (non-hydrogen) atoms. The number of aromatic amines is 2. The van der Waals surface area contributed by atoms with Gasteiger partial charge in [0.1, 0.15) is 34.2 Å². The van der Waals surface area contributed by atoms with Crippen molar-refractivity contribution in [2.24, 2.45) is 14.1 Å². The number of H-pyrrole nitrogens is 2. The number of ether oxygens (including phenoxy) is 3. The van der Waals surface area contributed by atoms with Gasteiger partial charge in [0.05, 0.1) is 46.1 Å². The highest BCUT2D eigenvalue weighted by Gasteiger charge is 2.19. The first kappa shape index (κ1) is 34.4. The monoisotopic (exact) mass is 779 g/mol. The van der Waals surface area contributed by atoms with Crippen LogP contribution in [-0.2, 0) is 14.1 Å². The zero-order valence-electron chi connectivity index (χ0n) is 29.8. The molecule has 0 saturated carbocycles. The van der Waals surface area contributed by atoms with Gasteiger partial charge in [-0.15, -0.1) is 0 Å². The van der Waals surface area contributed by atoms with Crippen LogP contribution in [0.1, 0.15) is 5.56 Å². The number of nitrogens with zero attached hydrogens (tertiary/aromatic N) is 7. The average molecular weight is 781 g/mol. The summed E-state index contributed by atoms with van der Waals surface area (Å²) in [7, 11) is 5.38. The average Bonchev–Trinajstić information content (AvgIpc) is 4.01. The second-order valence-electron chi connectivity index (χ2n) is 12.5. The molecule has 12 nitrogen and oxygen atoms in total. The second kappa shape index (κ2) is 14.7. The molecule has 0 fully saturated rings. The Bertz CT molecular complexity index is 2720. The van der Waals surface area contributed by atoms with E-state index in [1.807, 2.05) is 124 Å². The number of rotatable bonds is 8. The van der Waals surface area contributed by atoms with Crippen LogP contribution in [0.3, 0.4) is 0 Å². The van der Waals surface area contributed by atoms with Crippen LogP contribution in [0.15, 0.2) is 126 Å². The van der Waals surface area contributed by atoms with Crippen molar-refractivity contribution in [3.05, 3.63) is 132 Å². The molecule has 0 aliphatic heterocycles. The first-order valence-electron chi connectivity index (χ1n) is 17.0. The summed E-state index contributed by atoms with van der Waals surface area (Å²) in [4.78, 5) is 20.7. The van der Waals surface area contributed by atoms with E-state index in [1.165, 1.54) is 0 Å². The Labute approximate surface area is 318 Å². The van der Waals surface area contributed by atoms with E-state index in [1.54, 1.807) is 35.1 Å². The minimum atomic E-state index is 0.606. The van der Waals surface area contributed by atoms with E-state index >= 15 is 0 Å². The van der Waals surface area contributed by atoms with Gasteiger partial charge in [-0.3, -0.25) is 9.36 Å². The predicted octanol–water partition coefficient (Wildman–Crippen LogP) is 9.65. The first-order chi connectivity index (χ1) is 26.3. The van der Waals surface area contributed by atoms with E-state index < -0.39 is 0 Å². The lowest BCUT2D eigenvalue weighted by atomic mass is 10.0. The fraction of sp³-hybridized carbons (Fsp3) is 0.0976. The van der Waals surface area contributed by atoms with Crippen molar-refractivity contribution in [1.29, 1.82) is 0 Å². The van der Waals surface area contributed by atoms with E-state index in [2.05, 4.69) is 46.1 Å². The zero-order chi connectivity index (χ0) is 37.2. The van der Waals surface area contributed by atoms with Crippen LogP contribution in [-0.4, -0.2) is 51.6 Å². The van der Waals surface area contributed by atoms with E-state index in [4.69, 9.17) is 19.2 Å². The molecule has 0 aliphatic carbocycles. The molecule has 4 aromatic carbocycles. The number of para-hydroxylation sites is 2. The molecule has 0 saturated heterocycles. The predicted molar refractivity (Wildman–Crippen MR) is 212 cm³/mol. The molecule has 0 aliphatic rings. The number of benzene rings is 4. The standard InChI is InChI=1S/C24H21N5O2.C17H13BrN4O/c1-15-11-16(12-25-24(15)30-3)19-9-10-20-21(22(19)31-18-7-5-4-6-8-18)28-23(27-20)17-13-26-29(2)14-17;1-22-10-11(9-19-22)17-20-14-8-7-13(18)16(15(14)21-17)23-12-5-3-2-4-6-12/h4-14H,1-3H3,(H,27,28);2-10H,1H3,(H,20,21). The maximum absolute atomic E-state index is 6.37. The molecule has 5 heterocycles. The Morgan fingerprint density at radius 3 is 1.69 bits per heavy atom. The molecule has 5 aromatic heterocycles. The SMILES string of the molecule is COc1ncc(-c2ccc3[nH]c(-c4cnn(C)c4)nc3c2Oc2ccccc2)cc1C.Cn1cc(-c2nc3c(Oc4ccccc4)c(Br)ccc3[nH]2)cn1. The summed E-state index contributed by atoms with van der Waals surface area (Å²) < 4.78 is 22.1. The Morgan fingerprint density at radius 2 is 1.17 bits per heavy atom. The summed E-state index contributed by atoms with van der Waals surface area (Å²) in [5, 5.41) is 8.44. The quantitative estimate of drug-likeness (QED) is 0.156. The van der Waals surface area contributed by atoms with Gasteiger partial charge in [0, 0.05) is 49.4 Å². The van der Waals surface area contributed by atoms with Crippen molar-refractivity contribution in [2.75, 3.05) is 7.11 Å². The topological polar surface area (TPSA) is 134 Å². The smallest absolute Gasteiger partial charge is 0.215 e. The van der Waals surface area contributed by atoms with Crippen LogP contribution < -0.4 is 14.2 Å². The molecular weight excluding hydrogens is 746 g/mol. The van der Waals surface area contributed by atoms with Crippen LogP contribution in [0.4, 0.5) is 0 Å². The lowest BCUT2D eigenvalue weighted by Gasteiger charge is -2.13. The Morgan fingerprint density at radius 1 is 0.630 bits per heavy atom.